The summed E-state index contributed by atoms with van der Waals surface area (Å²) in [7, 11) is 0. The van der Waals surface area contributed by atoms with E-state index in [4.69, 9.17) is 15.6 Å². The van der Waals surface area contributed by atoms with Gasteiger partial charge in [0.25, 0.3) is 5.91 Å². The highest BCUT2D eigenvalue weighted by Crippen LogP contribution is 2.15. The maximum Gasteiger partial charge on any atom is 0.311 e. The van der Waals surface area contributed by atoms with E-state index in [1.807, 2.05) is 0 Å². The zero-order valence-electron chi connectivity index (χ0n) is 9.46. The molecule has 2 unspecified atom stereocenters. The van der Waals surface area contributed by atoms with Gasteiger partial charge in [0.15, 0.2) is 0 Å². The molecule has 7 nitrogen and oxygen atoms in total. The van der Waals surface area contributed by atoms with E-state index in [9.17, 15) is 9.59 Å². The number of aliphatic carboxylic acids is 1. The molecular formula is C10H13N3O4S. The van der Waals surface area contributed by atoms with Gasteiger partial charge in [-0.25, -0.2) is 4.98 Å². The van der Waals surface area contributed by atoms with Gasteiger partial charge in [-0.1, -0.05) is 0 Å². The zero-order chi connectivity index (χ0) is 13.1. The number of nitrogens with one attached hydrogen (secondary N) is 1. The first-order chi connectivity index (χ1) is 8.61. The van der Waals surface area contributed by atoms with Crippen LogP contribution in [0.5, 0.6) is 0 Å². The largest absolute Gasteiger partial charge is 0.481 e. The molecule has 1 aromatic heterocycles. The van der Waals surface area contributed by atoms with Crippen molar-refractivity contribution in [2.45, 2.75) is 12.6 Å². The first-order valence-electron chi connectivity index (χ1n) is 5.37. The highest BCUT2D eigenvalue weighted by Gasteiger charge is 2.35. The van der Waals surface area contributed by atoms with Gasteiger partial charge in [-0.05, 0) is 0 Å². The number of nitrogens with zero attached hydrogens (tertiary/aromatic N) is 1. The van der Waals surface area contributed by atoms with Crippen molar-refractivity contribution in [2.75, 3.05) is 13.2 Å². The molecule has 2 rings (SSSR count). The van der Waals surface area contributed by atoms with E-state index in [1.165, 1.54) is 11.3 Å². The van der Waals surface area contributed by atoms with Gasteiger partial charge in [0, 0.05) is 11.9 Å². The summed E-state index contributed by atoms with van der Waals surface area (Å²) >= 11 is 1.30. The van der Waals surface area contributed by atoms with Crippen LogP contribution in [-0.2, 0) is 16.1 Å². The van der Waals surface area contributed by atoms with E-state index >= 15 is 0 Å². The number of amides is 1. The van der Waals surface area contributed by atoms with Crippen LogP contribution < -0.4 is 11.1 Å². The molecular weight excluding hydrogens is 258 g/mol. The fourth-order valence-electron chi connectivity index (χ4n) is 1.69. The van der Waals surface area contributed by atoms with Crippen LogP contribution in [0.3, 0.4) is 0 Å². The van der Waals surface area contributed by atoms with Crippen LogP contribution in [0.4, 0.5) is 0 Å². The molecule has 0 aliphatic carbocycles. The Bertz CT molecular complexity index is 462. The van der Waals surface area contributed by atoms with Crippen molar-refractivity contribution in [3.05, 3.63) is 16.1 Å². The first kappa shape index (κ1) is 12.9. The Labute approximate surface area is 107 Å². The lowest BCUT2D eigenvalue weighted by molar-refractivity contribution is -0.142. The second-order valence-corrected chi connectivity index (χ2v) is 4.84. The van der Waals surface area contributed by atoms with Gasteiger partial charge in [0.2, 0.25) is 0 Å². The molecule has 0 saturated carbocycles. The minimum absolute atomic E-state index is 0.116. The molecule has 0 radical (unpaired) electrons. The van der Waals surface area contributed by atoms with Crippen molar-refractivity contribution in [1.82, 2.24) is 10.3 Å². The van der Waals surface area contributed by atoms with Crippen LogP contribution in [0.1, 0.15) is 15.5 Å². The molecule has 1 saturated heterocycles. The molecule has 18 heavy (non-hydrogen) atoms. The molecule has 1 amide bonds. The maximum absolute atomic E-state index is 11.8. The number of rotatable bonds is 4. The number of carboxylic acid groups (broad SMARTS) is 1. The number of carboxylic acids is 1. The molecule has 0 spiro atoms. The van der Waals surface area contributed by atoms with Crippen molar-refractivity contribution in [2.24, 2.45) is 11.7 Å². The Kier molecular flexibility index (Phi) is 3.90. The Hall–Kier alpha value is -1.51. The smallest absolute Gasteiger partial charge is 0.311 e. The van der Waals surface area contributed by atoms with Crippen molar-refractivity contribution in [3.8, 4) is 0 Å². The zero-order valence-corrected chi connectivity index (χ0v) is 10.3. The third-order valence-corrected chi connectivity index (χ3v) is 3.54. The van der Waals surface area contributed by atoms with E-state index in [-0.39, 0.29) is 25.5 Å². The molecule has 4 N–H and O–H groups in total. The van der Waals surface area contributed by atoms with Gasteiger partial charge in [0.05, 0.1) is 19.3 Å². The molecule has 1 aliphatic rings. The van der Waals surface area contributed by atoms with Crippen molar-refractivity contribution < 1.29 is 19.4 Å². The molecule has 1 aromatic rings. The van der Waals surface area contributed by atoms with Gasteiger partial charge in [0.1, 0.15) is 16.6 Å². The Morgan fingerprint density at radius 1 is 1.61 bits per heavy atom. The SMILES string of the molecule is NCc1nc(C(=O)NC2COCC2C(=O)O)cs1. The first-order valence-corrected chi connectivity index (χ1v) is 6.25. The highest BCUT2D eigenvalue weighted by atomic mass is 32.1. The summed E-state index contributed by atoms with van der Waals surface area (Å²) in [6, 6.07) is -0.516. The Balaban J connectivity index is 2.00. The Morgan fingerprint density at radius 2 is 2.39 bits per heavy atom. The molecule has 2 heterocycles. The normalized spacial score (nSPS) is 22.9. The fourth-order valence-corrected chi connectivity index (χ4v) is 2.35. The molecule has 1 fully saturated rings. The minimum atomic E-state index is -0.973. The summed E-state index contributed by atoms with van der Waals surface area (Å²) in [5.74, 6) is -2.08. The number of nitrogens with two attached hydrogens (primary N) is 1. The average molecular weight is 271 g/mol. The summed E-state index contributed by atoms with van der Waals surface area (Å²) < 4.78 is 5.06. The summed E-state index contributed by atoms with van der Waals surface area (Å²) in [5.41, 5.74) is 5.67. The standard InChI is InChI=1S/C10H13N3O4S/c11-1-8-12-7(4-18-8)9(14)13-6-3-17-2-5(6)10(15)16/h4-6H,1-3,11H2,(H,13,14)(H,15,16). The van der Waals surface area contributed by atoms with Crippen LogP contribution in [-0.4, -0.2) is 41.2 Å². The van der Waals surface area contributed by atoms with Crippen molar-refractivity contribution in [1.29, 1.82) is 0 Å². The van der Waals surface area contributed by atoms with E-state index < -0.39 is 23.8 Å². The average Bonchev–Trinajstić information content (AvgIpc) is 2.96. The topological polar surface area (TPSA) is 115 Å². The van der Waals surface area contributed by atoms with Crippen molar-refractivity contribution >= 4 is 23.2 Å². The van der Waals surface area contributed by atoms with Crippen LogP contribution in [0.25, 0.3) is 0 Å². The van der Waals surface area contributed by atoms with Gasteiger partial charge in [-0.15, -0.1) is 11.3 Å². The maximum atomic E-state index is 11.8. The quantitative estimate of drug-likeness (QED) is 0.675. The lowest BCUT2D eigenvalue weighted by Crippen LogP contribution is -2.42. The van der Waals surface area contributed by atoms with E-state index in [0.717, 1.165) is 0 Å². The van der Waals surface area contributed by atoms with Crippen LogP contribution in [0.15, 0.2) is 5.38 Å². The third-order valence-electron chi connectivity index (χ3n) is 2.67. The van der Waals surface area contributed by atoms with E-state index in [1.54, 1.807) is 5.38 Å². The number of thiazole rings is 1. The molecule has 0 aromatic carbocycles. The highest BCUT2D eigenvalue weighted by molar-refractivity contribution is 7.09. The minimum Gasteiger partial charge on any atom is -0.481 e. The van der Waals surface area contributed by atoms with Gasteiger partial charge in [-0.2, -0.15) is 0 Å². The number of carbonyl (C=O) groups is 2. The second kappa shape index (κ2) is 5.42. The lowest BCUT2D eigenvalue weighted by Gasteiger charge is -2.14. The van der Waals surface area contributed by atoms with Gasteiger partial charge >= 0.3 is 5.97 Å². The molecule has 1 aliphatic heterocycles. The predicted molar refractivity (Wildman–Crippen MR) is 63.2 cm³/mol. The molecule has 2 atom stereocenters. The van der Waals surface area contributed by atoms with Gasteiger partial charge in [-0.3, -0.25) is 9.59 Å². The number of hydrogen-bond donors (Lipinski definition) is 3. The van der Waals surface area contributed by atoms with E-state index in [0.29, 0.717) is 5.01 Å². The lowest BCUT2D eigenvalue weighted by atomic mass is 10.0. The van der Waals surface area contributed by atoms with Crippen molar-refractivity contribution in [3.63, 3.8) is 0 Å². The number of aromatic nitrogens is 1. The number of carbonyl (C=O) groups excluding carboxylic acids is 1. The Morgan fingerprint density at radius 3 is 3.00 bits per heavy atom. The summed E-state index contributed by atoms with van der Waals surface area (Å²) in [5, 5.41) is 13.8. The number of hydrogen-bond acceptors (Lipinski definition) is 6. The van der Waals surface area contributed by atoms with Crippen LogP contribution >= 0.6 is 11.3 Å². The summed E-state index contributed by atoms with van der Waals surface area (Å²) in [6.07, 6.45) is 0. The second-order valence-electron chi connectivity index (χ2n) is 3.89. The van der Waals surface area contributed by atoms with Gasteiger partial charge < -0.3 is 20.9 Å². The van der Waals surface area contributed by atoms with E-state index in [2.05, 4.69) is 10.3 Å². The van der Waals surface area contributed by atoms with Crippen LogP contribution in [0.2, 0.25) is 0 Å². The van der Waals surface area contributed by atoms with Crippen LogP contribution in [0, 0.1) is 5.92 Å². The molecule has 8 heteroatoms. The summed E-state index contributed by atoms with van der Waals surface area (Å²) in [6.45, 7) is 0.601. The monoisotopic (exact) mass is 271 g/mol. The third kappa shape index (κ3) is 2.66. The number of ether oxygens (including phenoxy) is 1. The predicted octanol–water partition coefficient (Wildman–Crippen LogP) is -0.569. The fraction of sp³-hybridized carbons (Fsp3) is 0.500. The molecule has 98 valence electrons. The molecule has 0 bridgehead atoms. The summed E-state index contributed by atoms with van der Waals surface area (Å²) in [4.78, 5) is 26.8.